The monoisotopic (exact) mass is 456 g/mol. The zero-order valence-electron chi connectivity index (χ0n) is 17.3. The first-order valence-corrected chi connectivity index (χ1v) is 11.7. The van der Waals surface area contributed by atoms with E-state index in [9.17, 15) is 9.59 Å². The van der Waals surface area contributed by atoms with E-state index < -0.39 is 0 Å². The number of carbonyl (C=O) groups excluding carboxylic acids is 2. The number of aromatic nitrogens is 2. The minimum absolute atomic E-state index is 0.0509. The van der Waals surface area contributed by atoms with E-state index in [-0.39, 0.29) is 17.6 Å². The number of hydrogen-bond acceptors (Lipinski definition) is 8. The van der Waals surface area contributed by atoms with Crippen molar-refractivity contribution in [1.82, 2.24) is 25.1 Å². The molecule has 0 aliphatic carbocycles. The van der Waals surface area contributed by atoms with Crippen LogP contribution in [0.3, 0.4) is 0 Å². The van der Waals surface area contributed by atoms with Crippen molar-refractivity contribution in [3.05, 3.63) is 11.2 Å². The molecule has 3 heterocycles. The fraction of sp³-hybridized carbons (Fsp3) is 0.684. The predicted octanol–water partition coefficient (Wildman–Crippen LogP) is 0.729. The van der Waals surface area contributed by atoms with Crippen molar-refractivity contribution in [2.24, 2.45) is 0 Å². The van der Waals surface area contributed by atoms with Gasteiger partial charge in [-0.2, -0.15) is 0 Å². The molecule has 0 spiro atoms. The number of halogens is 1. The highest BCUT2D eigenvalue weighted by Crippen LogP contribution is 2.22. The van der Waals surface area contributed by atoms with Crippen LogP contribution in [-0.4, -0.2) is 103 Å². The maximum atomic E-state index is 12.1. The highest BCUT2D eigenvalue weighted by Gasteiger charge is 2.22. The average molecular weight is 457 g/mol. The van der Waals surface area contributed by atoms with Gasteiger partial charge in [0.2, 0.25) is 11.8 Å². The third kappa shape index (κ3) is 6.97. The summed E-state index contributed by atoms with van der Waals surface area (Å²) >= 11 is 7.46. The van der Waals surface area contributed by atoms with Gasteiger partial charge in [0.1, 0.15) is 11.0 Å². The van der Waals surface area contributed by atoms with Crippen LogP contribution in [0.2, 0.25) is 5.15 Å². The number of thioether (sulfide) groups is 1. The van der Waals surface area contributed by atoms with Crippen molar-refractivity contribution >= 4 is 41.0 Å². The van der Waals surface area contributed by atoms with Crippen molar-refractivity contribution in [1.29, 1.82) is 0 Å². The van der Waals surface area contributed by atoms with E-state index >= 15 is 0 Å². The van der Waals surface area contributed by atoms with Crippen LogP contribution in [0.25, 0.3) is 0 Å². The van der Waals surface area contributed by atoms with Crippen LogP contribution in [0.1, 0.15) is 13.3 Å². The molecule has 2 aliphatic heterocycles. The Morgan fingerprint density at radius 3 is 2.60 bits per heavy atom. The molecule has 9 nitrogen and oxygen atoms in total. The standard InChI is InChI=1S/C19H29ClN6O3S/c1-2-18(28)26-7-5-25(6-8-26)16-13-15(20)22-19(23-16)30-14-17(27)21-3-4-24-9-11-29-12-10-24/h13H,2-12,14H2,1H3,(H,21,27). The third-order valence-corrected chi connectivity index (χ3v) is 6.15. The minimum atomic E-state index is -0.0509. The molecule has 0 radical (unpaired) electrons. The summed E-state index contributed by atoms with van der Waals surface area (Å²) in [6, 6.07) is 1.73. The van der Waals surface area contributed by atoms with Gasteiger partial charge in [0.05, 0.1) is 19.0 Å². The Bertz CT molecular complexity index is 726. The molecule has 0 bridgehead atoms. The van der Waals surface area contributed by atoms with Gasteiger partial charge in [-0.15, -0.1) is 0 Å². The van der Waals surface area contributed by atoms with Crippen molar-refractivity contribution < 1.29 is 14.3 Å². The molecule has 2 fully saturated rings. The zero-order valence-corrected chi connectivity index (χ0v) is 18.9. The second-order valence-corrected chi connectivity index (χ2v) is 8.48. The van der Waals surface area contributed by atoms with Crippen molar-refractivity contribution in [3.8, 4) is 0 Å². The van der Waals surface area contributed by atoms with E-state index in [4.69, 9.17) is 16.3 Å². The first-order chi connectivity index (χ1) is 14.5. The Hall–Kier alpha value is -1.62. The second-order valence-electron chi connectivity index (χ2n) is 7.15. The third-order valence-electron chi connectivity index (χ3n) is 5.11. The van der Waals surface area contributed by atoms with Gasteiger partial charge in [-0.3, -0.25) is 14.5 Å². The number of nitrogens with one attached hydrogen (secondary N) is 1. The second kappa shape index (κ2) is 11.7. The van der Waals surface area contributed by atoms with E-state index in [1.54, 1.807) is 6.07 Å². The Labute approximate surface area is 186 Å². The van der Waals surface area contributed by atoms with Crippen LogP contribution in [0.5, 0.6) is 0 Å². The maximum Gasteiger partial charge on any atom is 0.230 e. The summed E-state index contributed by atoms with van der Waals surface area (Å²) in [6.45, 7) is 9.37. The summed E-state index contributed by atoms with van der Waals surface area (Å²) in [7, 11) is 0. The smallest absolute Gasteiger partial charge is 0.230 e. The van der Waals surface area contributed by atoms with E-state index in [0.29, 0.717) is 49.5 Å². The Balaban J connectivity index is 1.44. The Morgan fingerprint density at radius 2 is 1.90 bits per heavy atom. The molecule has 2 amide bonds. The molecule has 2 saturated heterocycles. The van der Waals surface area contributed by atoms with Gasteiger partial charge in [0, 0.05) is 64.8 Å². The molecule has 166 valence electrons. The number of ether oxygens (including phenoxy) is 1. The SMILES string of the molecule is CCC(=O)N1CCN(c2cc(Cl)nc(SCC(=O)NCCN3CCOCC3)n2)CC1. The van der Waals surface area contributed by atoms with Crippen LogP contribution in [0.4, 0.5) is 5.82 Å². The van der Waals surface area contributed by atoms with Crippen molar-refractivity contribution in [3.63, 3.8) is 0 Å². The van der Waals surface area contributed by atoms with Gasteiger partial charge in [0.25, 0.3) is 0 Å². The Kier molecular flexibility index (Phi) is 8.98. The minimum Gasteiger partial charge on any atom is -0.379 e. The van der Waals surface area contributed by atoms with Gasteiger partial charge < -0.3 is 19.9 Å². The molecule has 0 unspecified atom stereocenters. The molecule has 1 aromatic rings. The highest BCUT2D eigenvalue weighted by atomic mass is 35.5. The van der Waals surface area contributed by atoms with E-state index in [2.05, 4.69) is 25.1 Å². The first-order valence-electron chi connectivity index (χ1n) is 10.3. The van der Waals surface area contributed by atoms with Gasteiger partial charge in [-0.05, 0) is 0 Å². The van der Waals surface area contributed by atoms with Gasteiger partial charge in [0.15, 0.2) is 5.16 Å². The fourth-order valence-corrected chi connectivity index (χ4v) is 4.29. The molecule has 11 heteroatoms. The number of carbonyl (C=O) groups is 2. The lowest BCUT2D eigenvalue weighted by Gasteiger charge is -2.35. The van der Waals surface area contributed by atoms with Gasteiger partial charge in [-0.25, -0.2) is 9.97 Å². The predicted molar refractivity (Wildman–Crippen MR) is 117 cm³/mol. The molecular formula is C19H29ClN6O3S. The lowest BCUT2D eigenvalue weighted by atomic mass is 10.3. The lowest BCUT2D eigenvalue weighted by molar-refractivity contribution is -0.131. The lowest BCUT2D eigenvalue weighted by Crippen LogP contribution is -2.48. The quantitative estimate of drug-likeness (QED) is 0.348. The molecule has 2 aliphatic rings. The van der Waals surface area contributed by atoms with Crippen LogP contribution < -0.4 is 10.2 Å². The van der Waals surface area contributed by atoms with Crippen molar-refractivity contribution in [2.75, 3.05) is 76.2 Å². The number of morpholine rings is 1. The molecule has 0 aromatic carbocycles. The summed E-state index contributed by atoms with van der Waals surface area (Å²) in [5.41, 5.74) is 0. The van der Waals surface area contributed by atoms with Crippen molar-refractivity contribution in [2.45, 2.75) is 18.5 Å². The topological polar surface area (TPSA) is 90.9 Å². The first kappa shape index (κ1) is 23.1. The number of piperazine rings is 1. The van der Waals surface area contributed by atoms with Crippen LogP contribution >= 0.6 is 23.4 Å². The molecule has 3 rings (SSSR count). The summed E-state index contributed by atoms with van der Waals surface area (Å²) in [5, 5.41) is 3.76. The molecular weight excluding hydrogens is 428 g/mol. The zero-order chi connectivity index (χ0) is 21.3. The number of anilines is 1. The van der Waals surface area contributed by atoms with E-state index in [1.807, 2.05) is 11.8 Å². The highest BCUT2D eigenvalue weighted by molar-refractivity contribution is 7.99. The van der Waals surface area contributed by atoms with Gasteiger partial charge in [-0.1, -0.05) is 30.3 Å². The number of amides is 2. The largest absolute Gasteiger partial charge is 0.379 e. The van der Waals surface area contributed by atoms with Gasteiger partial charge >= 0.3 is 0 Å². The van der Waals surface area contributed by atoms with E-state index in [1.165, 1.54) is 11.8 Å². The number of nitrogens with zero attached hydrogens (tertiary/aromatic N) is 5. The molecule has 1 aromatic heterocycles. The molecule has 0 atom stereocenters. The number of hydrogen-bond donors (Lipinski definition) is 1. The average Bonchev–Trinajstić information content (AvgIpc) is 2.77. The Morgan fingerprint density at radius 1 is 1.17 bits per heavy atom. The maximum absolute atomic E-state index is 12.1. The van der Waals surface area contributed by atoms with Crippen LogP contribution in [-0.2, 0) is 14.3 Å². The summed E-state index contributed by atoms with van der Waals surface area (Å²) < 4.78 is 5.32. The molecule has 0 saturated carbocycles. The van der Waals surface area contributed by atoms with E-state index in [0.717, 1.165) is 38.7 Å². The summed E-state index contributed by atoms with van der Waals surface area (Å²) in [6.07, 6.45) is 0.522. The number of rotatable bonds is 8. The fourth-order valence-electron chi connectivity index (χ4n) is 3.38. The summed E-state index contributed by atoms with van der Waals surface area (Å²) in [4.78, 5) is 39.0. The van der Waals surface area contributed by atoms with Crippen LogP contribution in [0.15, 0.2) is 11.2 Å². The summed E-state index contributed by atoms with van der Waals surface area (Å²) in [5.74, 6) is 1.09. The molecule has 1 N–H and O–H groups in total. The normalized spacial score (nSPS) is 17.8. The van der Waals surface area contributed by atoms with Crippen LogP contribution in [0, 0.1) is 0 Å². The molecule has 30 heavy (non-hydrogen) atoms.